The summed E-state index contributed by atoms with van der Waals surface area (Å²) in [5.74, 6) is 0.668. The van der Waals surface area contributed by atoms with Crippen molar-refractivity contribution in [2.45, 2.75) is 6.10 Å². The Hall–Kier alpha value is -1.42. The lowest BCUT2D eigenvalue weighted by molar-refractivity contribution is 0.139. The van der Waals surface area contributed by atoms with Gasteiger partial charge in [0.1, 0.15) is 11.9 Å². The maximum Gasteiger partial charge on any atom is 0.407 e. The molecule has 1 N–H and O–H groups in total. The minimum Gasteiger partial charge on any atom is -0.496 e. The van der Waals surface area contributed by atoms with E-state index in [2.05, 4.69) is 5.32 Å². The first-order valence-corrected chi connectivity index (χ1v) is 4.86. The molecule has 4 nitrogen and oxygen atoms in total. The molecule has 1 aromatic rings. The average molecular weight is 228 g/mol. The zero-order valence-corrected chi connectivity index (χ0v) is 8.88. The molecule has 1 aliphatic rings. The lowest BCUT2D eigenvalue weighted by atomic mass is 10.1. The van der Waals surface area contributed by atoms with Gasteiger partial charge in [-0.2, -0.15) is 0 Å². The normalized spacial score (nSPS) is 19.6. The van der Waals surface area contributed by atoms with Crippen LogP contribution in [-0.4, -0.2) is 19.7 Å². The van der Waals surface area contributed by atoms with E-state index < -0.39 is 6.09 Å². The number of benzene rings is 1. The summed E-state index contributed by atoms with van der Waals surface area (Å²) in [6.45, 7) is 0.440. The lowest BCUT2D eigenvalue weighted by Gasteiger charge is -2.12. The summed E-state index contributed by atoms with van der Waals surface area (Å²) >= 11 is 5.87. The summed E-state index contributed by atoms with van der Waals surface area (Å²) in [5.41, 5.74) is 0.781. The Bertz CT molecular complexity index is 394. The van der Waals surface area contributed by atoms with E-state index in [0.29, 0.717) is 17.3 Å². The highest BCUT2D eigenvalue weighted by Crippen LogP contribution is 2.31. The Labute approximate surface area is 92.1 Å². The number of ether oxygens (including phenoxy) is 2. The number of cyclic esters (lactones) is 1. The molecule has 0 saturated carbocycles. The number of hydrogen-bond acceptors (Lipinski definition) is 3. The van der Waals surface area contributed by atoms with Gasteiger partial charge in [0.25, 0.3) is 0 Å². The van der Waals surface area contributed by atoms with Crippen LogP contribution in [0, 0.1) is 0 Å². The van der Waals surface area contributed by atoms with Gasteiger partial charge in [-0.1, -0.05) is 11.6 Å². The molecule has 15 heavy (non-hydrogen) atoms. The third-order valence-electron chi connectivity index (χ3n) is 2.22. The molecule has 0 spiro atoms. The summed E-state index contributed by atoms with van der Waals surface area (Å²) in [7, 11) is 1.57. The number of rotatable bonds is 2. The van der Waals surface area contributed by atoms with Crippen LogP contribution >= 0.6 is 11.6 Å². The molecule has 2 rings (SSSR count). The zero-order valence-electron chi connectivity index (χ0n) is 8.12. The van der Waals surface area contributed by atoms with E-state index in [-0.39, 0.29) is 6.10 Å². The van der Waals surface area contributed by atoms with Crippen molar-refractivity contribution < 1.29 is 14.3 Å². The molecule has 0 radical (unpaired) electrons. The summed E-state index contributed by atoms with van der Waals surface area (Å²) in [6, 6.07) is 5.23. The fourth-order valence-corrected chi connectivity index (χ4v) is 1.70. The van der Waals surface area contributed by atoms with Crippen LogP contribution in [0.5, 0.6) is 5.75 Å². The SMILES string of the molecule is COc1ccc(Cl)cc1C1CNC(=O)O1. The number of carbonyl (C=O) groups excluding carboxylic acids is 1. The number of carbonyl (C=O) groups is 1. The number of amides is 1. The monoisotopic (exact) mass is 227 g/mol. The molecule has 0 aliphatic carbocycles. The van der Waals surface area contributed by atoms with Crippen LogP contribution in [0.4, 0.5) is 4.79 Å². The first kappa shape index (κ1) is 10.1. The predicted molar refractivity (Wildman–Crippen MR) is 55.2 cm³/mol. The van der Waals surface area contributed by atoms with E-state index >= 15 is 0 Å². The third kappa shape index (κ3) is 1.99. The molecule has 1 unspecified atom stereocenters. The van der Waals surface area contributed by atoms with Gasteiger partial charge in [-0.15, -0.1) is 0 Å². The van der Waals surface area contributed by atoms with Crippen molar-refractivity contribution in [2.24, 2.45) is 0 Å². The first-order chi connectivity index (χ1) is 7.20. The summed E-state index contributed by atoms with van der Waals surface area (Å²) < 4.78 is 10.2. The van der Waals surface area contributed by atoms with Crippen molar-refractivity contribution in [3.8, 4) is 5.75 Å². The van der Waals surface area contributed by atoms with E-state index in [1.165, 1.54) is 0 Å². The Morgan fingerprint density at radius 1 is 1.60 bits per heavy atom. The molecule has 1 aliphatic heterocycles. The van der Waals surface area contributed by atoms with Gasteiger partial charge in [0.2, 0.25) is 0 Å². The van der Waals surface area contributed by atoms with E-state index in [9.17, 15) is 4.79 Å². The van der Waals surface area contributed by atoms with Crippen LogP contribution in [0.1, 0.15) is 11.7 Å². The fraction of sp³-hybridized carbons (Fsp3) is 0.300. The van der Waals surface area contributed by atoms with E-state index in [4.69, 9.17) is 21.1 Å². The van der Waals surface area contributed by atoms with Crippen LogP contribution in [0.3, 0.4) is 0 Å². The van der Waals surface area contributed by atoms with Crippen LogP contribution < -0.4 is 10.1 Å². The van der Waals surface area contributed by atoms with Crippen molar-refractivity contribution in [3.63, 3.8) is 0 Å². The Morgan fingerprint density at radius 2 is 2.40 bits per heavy atom. The topological polar surface area (TPSA) is 47.6 Å². The average Bonchev–Trinajstić information content (AvgIpc) is 2.65. The van der Waals surface area contributed by atoms with Crippen molar-refractivity contribution in [1.29, 1.82) is 0 Å². The number of halogens is 1. The Kier molecular flexibility index (Phi) is 2.68. The Balaban J connectivity index is 2.33. The van der Waals surface area contributed by atoms with E-state index in [0.717, 1.165) is 5.56 Å². The van der Waals surface area contributed by atoms with Gasteiger partial charge >= 0.3 is 6.09 Å². The van der Waals surface area contributed by atoms with Gasteiger partial charge in [-0.05, 0) is 18.2 Å². The molecule has 80 valence electrons. The minimum absolute atomic E-state index is 0.328. The van der Waals surface area contributed by atoms with Gasteiger partial charge in [-0.25, -0.2) is 4.79 Å². The second kappa shape index (κ2) is 3.98. The molecule has 1 atom stereocenters. The second-order valence-electron chi connectivity index (χ2n) is 3.16. The van der Waals surface area contributed by atoms with Crippen molar-refractivity contribution >= 4 is 17.7 Å². The van der Waals surface area contributed by atoms with Gasteiger partial charge in [0, 0.05) is 10.6 Å². The minimum atomic E-state index is -0.415. The summed E-state index contributed by atoms with van der Waals surface area (Å²) in [4.78, 5) is 10.9. The van der Waals surface area contributed by atoms with Crippen molar-refractivity contribution in [1.82, 2.24) is 5.32 Å². The van der Waals surface area contributed by atoms with Crippen LogP contribution in [0.2, 0.25) is 5.02 Å². The predicted octanol–water partition coefficient (Wildman–Crippen LogP) is 2.13. The molecule has 0 bridgehead atoms. The molecule has 1 heterocycles. The molecule has 0 aromatic heterocycles. The second-order valence-corrected chi connectivity index (χ2v) is 3.60. The quantitative estimate of drug-likeness (QED) is 0.842. The largest absolute Gasteiger partial charge is 0.496 e. The van der Waals surface area contributed by atoms with Gasteiger partial charge in [0.15, 0.2) is 0 Å². The smallest absolute Gasteiger partial charge is 0.407 e. The van der Waals surface area contributed by atoms with Gasteiger partial charge in [0.05, 0.1) is 13.7 Å². The highest BCUT2D eigenvalue weighted by molar-refractivity contribution is 6.30. The molecule has 1 saturated heterocycles. The lowest BCUT2D eigenvalue weighted by Crippen LogP contribution is -2.12. The van der Waals surface area contributed by atoms with Gasteiger partial charge < -0.3 is 14.8 Å². The van der Waals surface area contributed by atoms with Crippen LogP contribution in [-0.2, 0) is 4.74 Å². The van der Waals surface area contributed by atoms with Crippen molar-refractivity contribution in [3.05, 3.63) is 28.8 Å². The standard InChI is InChI=1S/C10H10ClNO3/c1-14-8-3-2-6(11)4-7(8)9-5-12-10(13)15-9/h2-4,9H,5H2,1H3,(H,12,13). The number of alkyl carbamates (subject to hydrolysis) is 1. The molecule has 1 fully saturated rings. The number of nitrogens with one attached hydrogen (secondary N) is 1. The van der Waals surface area contributed by atoms with Crippen molar-refractivity contribution in [2.75, 3.05) is 13.7 Å². The number of methoxy groups -OCH3 is 1. The maximum absolute atomic E-state index is 10.9. The number of hydrogen-bond donors (Lipinski definition) is 1. The first-order valence-electron chi connectivity index (χ1n) is 4.48. The zero-order chi connectivity index (χ0) is 10.8. The Morgan fingerprint density at radius 3 is 3.00 bits per heavy atom. The highest BCUT2D eigenvalue weighted by atomic mass is 35.5. The summed E-state index contributed by atoms with van der Waals surface area (Å²) in [5, 5.41) is 3.17. The van der Waals surface area contributed by atoms with E-state index in [1.54, 1.807) is 25.3 Å². The van der Waals surface area contributed by atoms with Gasteiger partial charge in [-0.3, -0.25) is 0 Å². The molecule has 1 amide bonds. The van der Waals surface area contributed by atoms with Crippen LogP contribution in [0.25, 0.3) is 0 Å². The molecular weight excluding hydrogens is 218 g/mol. The molecular formula is C10H10ClNO3. The molecule has 1 aromatic carbocycles. The fourth-order valence-electron chi connectivity index (χ4n) is 1.52. The van der Waals surface area contributed by atoms with E-state index in [1.807, 2.05) is 0 Å². The molecule has 5 heteroatoms. The third-order valence-corrected chi connectivity index (χ3v) is 2.45. The highest BCUT2D eigenvalue weighted by Gasteiger charge is 2.26. The maximum atomic E-state index is 10.9. The van der Waals surface area contributed by atoms with Crippen LogP contribution in [0.15, 0.2) is 18.2 Å². The summed E-state index contributed by atoms with van der Waals surface area (Å²) in [6.07, 6.45) is -0.742.